The highest BCUT2D eigenvalue weighted by Gasteiger charge is 2.16. The van der Waals surface area contributed by atoms with E-state index in [0.717, 1.165) is 12.3 Å². The Bertz CT molecular complexity index is 375. The summed E-state index contributed by atoms with van der Waals surface area (Å²) in [6.45, 7) is 14.5. The number of nitrogens with one attached hydrogen (secondary N) is 1. The van der Waals surface area contributed by atoms with Crippen molar-refractivity contribution < 1.29 is 0 Å². The largest absolute Gasteiger partial charge is 0.309 e. The van der Waals surface area contributed by atoms with E-state index in [1.165, 1.54) is 28.7 Å². The Labute approximate surface area is 123 Å². The summed E-state index contributed by atoms with van der Waals surface area (Å²) in [5.41, 5.74) is 5.72. The first kappa shape index (κ1) is 16.6. The third kappa shape index (κ3) is 5.19. The predicted octanol–water partition coefficient (Wildman–Crippen LogP) is 4.79. The van der Waals surface area contributed by atoms with E-state index < -0.39 is 0 Å². The molecule has 1 aromatic carbocycles. The topological polar surface area (TPSA) is 12.0 Å². The van der Waals surface area contributed by atoms with E-state index in [-0.39, 0.29) is 0 Å². The SMILES string of the molecule is CCCNC(CSC(C)C)c1c(C)cc(C)cc1C. The zero-order valence-electron chi connectivity index (χ0n) is 13.3. The normalized spacial score (nSPS) is 13.0. The van der Waals surface area contributed by atoms with Gasteiger partial charge in [0.25, 0.3) is 0 Å². The highest BCUT2D eigenvalue weighted by molar-refractivity contribution is 7.99. The Morgan fingerprint density at radius 3 is 2.16 bits per heavy atom. The van der Waals surface area contributed by atoms with Crippen LogP contribution in [-0.4, -0.2) is 17.5 Å². The lowest BCUT2D eigenvalue weighted by atomic mass is 9.95. The summed E-state index contributed by atoms with van der Waals surface area (Å²) in [6, 6.07) is 5.10. The van der Waals surface area contributed by atoms with Crippen LogP contribution < -0.4 is 5.32 Å². The van der Waals surface area contributed by atoms with Gasteiger partial charge in [-0.05, 0) is 55.7 Å². The van der Waals surface area contributed by atoms with E-state index in [2.05, 4.69) is 59.0 Å². The van der Waals surface area contributed by atoms with E-state index in [4.69, 9.17) is 0 Å². The standard InChI is InChI=1S/C17H29NS/c1-7-8-18-16(11-19-12(2)3)17-14(5)9-13(4)10-15(17)6/h9-10,12,16,18H,7-8,11H2,1-6H3. The van der Waals surface area contributed by atoms with Crippen LogP contribution in [0, 0.1) is 20.8 Å². The van der Waals surface area contributed by atoms with Gasteiger partial charge in [0.15, 0.2) is 0 Å². The predicted molar refractivity (Wildman–Crippen MR) is 89.3 cm³/mol. The number of benzene rings is 1. The number of thioether (sulfide) groups is 1. The van der Waals surface area contributed by atoms with E-state index in [1.807, 2.05) is 11.8 Å². The van der Waals surface area contributed by atoms with Crippen LogP contribution in [0.15, 0.2) is 12.1 Å². The van der Waals surface area contributed by atoms with Gasteiger partial charge < -0.3 is 5.32 Å². The maximum Gasteiger partial charge on any atom is 0.0417 e. The van der Waals surface area contributed by atoms with Gasteiger partial charge in [-0.2, -0.15) is 11.8 Å². The summed E-state index contributed by atoms with van der Waals surface area (Å²) in [4.78, 5) is 0. The molecule has 0 fully saturated rings. The van der Waals surface area contributed by atoms with E-state index in [1.54, 1.807) is 0 Å². The molecule has 0 aliphatic carbocycles. The van der Waals surface area contributed by atoms with Crippen LogP contribution in [0.4, 0.5) is 0 Å². The van der Waals surface area contributed by atoms with Crippen molar-refractivity contribution in [1.29, 1.82) is 0 Å². The molecule has 108 valence electrons. The second-order valence-electron chi connectivity index (χ2n) is 5.70. The smallest absolute Gasteiger partial charge is 0.0417 e. The summed E-state index contributed by atoms with van der Waals surface area (Å²) in [7, 11) is 0. The molecule has 0 bridgehead atoms. The molecule has 0 aromatic heterocycles. The summed E-state index contributed by atoms with van der Waals surface area (Å²) >= 11 is 2.04. The molecule has 0 radical (unpaired) electrons. The minimum Gasteiger partial charge on any atom is -0.309 e. The number of hydrogen-bond acceptors (Lipinski definition) is 2. The van der Waals surface area contributed by atoms with Crippen molar-refractivity contribution in [3.63, 3.8) is 0 Å². The summed E-state index contributed by atoms with van der Waals surface area (Å²) in [5, 5.41) is 4.41. The lowest BCUT2D eigenvalue weighted by molar-refractivity contribution is 0.572. The maximum absolute atomic E-state index is 3.72. The van der Waals surface area contributed by atoms with Gasteiger partial charge in [-0.25, -0.2) is 0 Å². The highest BCUT2D eigenvalue weighted by Crippen LogP contribution is 2.27. The third-order valence-electron chi connectivity index (χ3n) is 3.32. The van der Waals surface area contributed by atoms with Crippen molar-refractivity contribution in [2.75, 3.05) is 12.3 Å². The molecule has 1 aromatic rings. The van der Waals surface area contributed by atoms with Gasteiger partial charge in [-0.15, -0.1) is 0 Å². The summed E-state index contributed by atoms with van der Waals surface area (Å²) in [6.07, 6.45) is 1.19. The van der Waals surface area contributed by atoms with Gasteiger partial charge in [-0.3, -0.25) is 0 Å². The molecule has 1 atom stereocenters. The van der Waals surface area contributed by atoms with Gasteiger partial charge in [0, 0.05) is 11.8 Å². The van der Waals surface area contributed by atoms with Crippen molar-refractivity contribution in [2.45, 2.75) is 59.3 Å². The Balaban J connectivity index is 2.95. The average Bonchev–Trinajstić information content (AvgIpc) is 2.30. The molecular weight excluding hydrogens is 250 g/mol. The molecule has 0 saturated heterocycles. The van der Waals surface area contributed by atoms with E-state index in [0.29, 0.717) is 11.3 Å². The van der Waals surface area contributed by atoms with Crippen LogP contribution >= 0.6 is 11.8 Å². The van der Waals surface area contributed by atoms with Crippen molar-refractivity contribution in [3.8, 4) is 0 Å². The van der Waals surface area contributed by atoms with Crippen molar-refractivity contribution in [3.05, 3.63) is 34.4 Å². The zero-order valence-corrected chi connectivity index (χ0v) is 14.2. The maximum atomic E-state index is 3.72. The summed E-state index contributed by atoms with van der Waals surface area (Å²) < 4.78 is 0. The van der Waals surface area contributed by atoms with Gasteiger partial charge >= 0.3 is 0 Å². The molecule has 1 unspecified atom stereocenters. The Morgan fingerprint density at radius 1 is 1.11 bits per heavy atom. The first-order valence-electron chi connectivity index (χ1n) is 7.38. The molecule has 0 aliphatic heterocycles. The fourth-order valence-corrected chi connectivity index (χ4v) is 3.45. The molecule has 1 rings (SSSR count). The van der Waals surface area contributed by atoms with Crippen molar-refractivity contribution in [1.82, 2.24) is 5.32 Å². The Hall–Kier alpha value is -0.470. The van der Waals surface area contributed by atoms with Gasteiger partial charge in [0.1, 0.15) is 0 Å². The number of rotatable bonds is 7. The molecule has 1 nitrogen and oxygen atoms in total. The van der Waals surface area contributed by atoms with Crippen LogP contribution in [0.2, 0.25) is 0 Å². The van der Waals surface area contributed by atoms with Gasteiger partial charge in [-0.1, -0.05) is 38.5 Å². The average molecular weight is 279 g/mol. The monoisotopic (exact) mass is 279 g/mol. The lowest BCUT2D eigenvalue weighted by Crippen LogP contribution is -2.26. The minimum absolute atomic E-state index is 0.480. The molecule has 0 aliphatic rings. The van der Waals surface area contributed by atoms with Crippen LogP contribution in [0.3, 0.4) is 0 Å². The van der Waals surface area contributed by atoms with Crippen LogP contribution in [0.25, 0.3) is 0 Å². The van der Waals surface area contributed by atoms with Crippen molar-refractivity contribution in [2.24, 2.45) is 0 Å². The number of hydrogen-bond donors (Lipinski definition) is 1. The summed E-state index contributed by atoms with van der Waals surface area (Å²) in [5.74, 6) is 1.16. The third-order valence-corrected chi connectivity index (χ3v) is 4.52. The molecule has 1 N–H and O–H groups in total. The Morgan fingerprint density at radius 2 is 1.68 bits per heavy atom. The van der Waals surface area contributed by atoms with Gasteiger partial charge in [0.2, 0.25) is 0 Å². The molecule has 2 heteroatoms. The van der Waals surface area contributed by atoms with Gasteiger partial charge in [0.05, 0.1) is 0 Å². The molecule has 0 saturated carbocycles. The Kier molecular flexibility index (Phi) is 6.95. The first-order chi connectivity index (χ1) is 8.95. The van der Waals surface area contributed by atoms with Crippen LogP contribution in [0.1, 0.15) is 55.5 Å². The molecule has 0 heterocycles. The number of aryl methyl sites for hydroxylation is 3. The van der Waals surface area contributed by atoms with Crippen molar-refractivity contribution >= 4 is 11.8 Å². The van der Waals surface area contributed by atoms with E-state index in [9.17, 15) is 0 Å². The van der Waals surface area contributed by atoms with Crippen LogP contribution in [-0.2, 0) is 0 Å². The highest BCUT2D eigenvalue weighted by atomic mass is 32.2. The lowest BCUT2D eigenvalue weighted by Gasteiger charge is -2.24. The quantitative estimate of drug-likeness (QED) is 0.770. The molecule has 0 spiro atoms. The molecule has 19 heavy (non-hydrogen) atoms. The second kappa shape index (κ2) is 7.96. The molecule has 0 amide bonds. The fraction of sp³-hybridized carbons (Fsp3) is 0.647. The van der Waals surface area contributed by atoms with E-state index >= 15 is 0 Å². The van der Waals surface area contributed by atoms with Crippen LogP contribution in [0.5, 0.6) is 0 Å². The fourth-order valence-electron chi connectivity index (χ4n) is 2.59. The molecular formula is C17H29NS. The minimum atomic E-state index is 0.480. The second-order valence-corrected chi connectivity index (χ2v) is 7.31. The zero-order chi connectivity index (χ0) is 14.4. The first-order valence-corrected chi connectivity index (χ1v) is 8.43.